The van der Waals surface area contributed by atoms with Gasteiger partial charge in [-0.2, -0.15) is 0 Å². The highest BCUT2D eigenvalue weighted by Gasteiger charge is 2.00. The molecule has 1 unspecified atom stereocenters. The van der Waals surface area contributed by atoms with Gasteiger partial charge in [-0.05, 0) is 25.2 Å². The molecular formula is C13H13NS. The lowest BCUT2D eigenvalue weighted by Gasteiger charge is -2.06. The number of nitrogens with zero attached hydrogens (tertiary/aromatic N) is 1. The summed E-state index contributed by atoms with van der Waals surface area (Å²) in [5.41, 5.74) is 1.99. The topological polar surface area (TPSA) is 12.9 Å². The van der Waals surface area contributed by atoms with E-state index in [1.165, 1.54) is 0 Å². The van der Waals surface area contributed by atoms with Crippen LogP contribution in [-0.4, -0.2) is 4.98 Å². The molecule has 0 aliphatic heterocycles. The number of allylic oxidation sites excluding steroid dienone is 4. The minimum Gasteiger partial charge on any atom is -0.233 e. The molecule has 0 fully saturated rings. The molecule has 15 heavy (non-hydrogen) atoms. The summed E-state index contributed by atoms with van der Waals surface area (Å²) < 4.78 is 0. The normalized spacial score (nSPS) is 19.3. The van der Waals surface area contributed by atoms with Gasteiger partial charge in [0, 0.05) is 11.0 Å². The average molecular weight is 215 g/mol. The van der Waals surface area contributed by atoms with E-state index >= 15 is 0 Å². The molecule has 0 radical (unpaired) electrons. The Bertz CT molecular complexity index is 468. The first-order valence-corrected chi connectivity index (χ1v) is 5.94. The fraction of sp³-hybridized carbons (Fsp3) is 0.308. The molecule has 0 saturated heterocycles. The predicted octanol–water partition coefficient (Wildman–Crippen LogP) is 3.33. The van der Waals surface area contributed by atoms with Crippen molar-refractivity contribution in [2.75, 3.05) is 0 Å². The number of thiazole rings is 1. The van der Waals surface area contributed by atoms with Crippen LogP contribution in [0.4, 0.5) is 0 Å². The van der Waals surface area contributed by atoms with Crippen LogP contribution in [0.1, 0.15) is 24.0 Å². The highest BCUT2D eigenvalue weighted by molar-refractivity contribution is 7.09. The van der Waals surface area contributed by atoms with E-state index in [9.17, 15) is 0 Å². The van der Waals surface area contributed by atoms with Gasteiger partial charge >= 0.3 is 0 Å². The van der Waals surface area contributed by atoms with Crippen molar-refractivity contribution in [1.29, 1.82) is 0 Å². The highest BCUT2D eigenvalue weighted by atomic mass is 32.1. The molecule has 1 aromatic heterocycles. The summed E-state index contributed by atoms with van der Waals surface area (Å²) in [6.45, 7) is 4.21. The fourth-order valence-corrected chi connectivity index (χ4v) is 1.92. The van der Waals surface area contributed by atoms with Crippen LogP contribution in [0.2, 0.25) is 0 Å². The maximum absolute atomic E-state index is 4.30. The van der Waals surface area contributed by atoms with Crippen LogP contribution in [0.3, 0.4) is 0 Å². The van der Waals surface area contributed by atoms with E-state index in [-0.39, 0.29) is 0 Å². The molecule has 1 atom stereocenters. The molecule has 0 saturated carbocycles. The summed E-state index contributed by atoms with van der Waals surface area (Å²) in [6.07, 6.45) is 7.59. The van der Waals surface area contributed by atoms with Crippen molar-refractivity contribution in [2.45, 2.75) is 20.3 Å². The highest BCUT2D eigenvalue weighted by Crippen LogP contribution is 2.15. The molecule has 0 amide bonds. The van der Waals surface area contributed by atoms with Crippen LogP contribution in [0, 0.1) is 24.7 Å². The Labute approximate surface area is 94.6 Å². The van der Waals surface area contributed by atoms with E-state index in [0.29, 0.717) is 5.92 Å². The van der Waals surface area contributed by atoms with Gasteiger partial charge in [-0.25, -0.2) is 4.98 Å². The molecule has 0 bridgehead atoms. The number of aryl methyl sites for hydroxylation is 1. The van der Waals surface area contributed by atoms with Crippen LogP contribution in [-0.2, 0) is 0 Å². The summed E-state index contributed by atoms with van der Waals surface area (Å²) >= 11 is 1.64. The molecule has 1 aliphatic carbocycles. The minimum absolute atomic E-state index is 0.650. The van der Waals surface area contributed by atoms with Crippen molar-refractivity contribution >= 4 is 11.3 Å². The molecule has 2 heteroatoms. The molecule has 1 aliphatic rings. The predicted molar refractivity (Wildman–Crippen MR) is 64.7 cm³/mol. The zero-order chi connectivity index (χ0) is 10.7. The van der Waals surface area contributed by atoms with Crippen molar-refractivity contribution < 1.29 is 0 Å². The lowest BCUT2D eigenvalue weighted by atomic mass is 9.99. The van der Waals surface area contributed by atoms with Crippen LogP contribution < -0.4 is 0 Å². The van der Waals surface area contributed by atoms with Gasteiger partial charge in [0.15, 0.2) is 0 Å². The summed E-state index contributed by atoms with van der Waals surface area (Å²) in [4.78, 5) is 4.30. The van der Waals surface area contributed by atoms with Gasteiger partial charge in [0.1, 0.15) is 5.69 Å². The number of hydrogen-bond donors (Lipinski definition) is 0. The summed E-state index contributed by atoms with van der Waals surface area (Å²) in [5, 5.41) is 3.07. The monoisotopic (exact) mass is 215 g/mol. The van der Waals surface area contributed by atoms with Crippen molar-refractivity contribution in [1.82, 2.24) is 4.98 Å². The Kier molecular flexibility index (Phi) is 3.03. The Morgan fingerprint density at radius 3 is 2.93 bits per heavy atom. The molecule has 76 valence electrons. The molecule has 0 N–H and O–H groups in total. The van der Waals surface area contributed by atoms with Gasteiger partial charge in [0.05, 0.1) is 5.01 Å². The summed E-state index contributed by atoms with van der Waals surface area (Å²) in [5.74, 6) is 6.87. The zero-order valence-electron chi connectivity index (χ0n) is 8.95. The van der Waals surface area contributed by atoms with Crippen LogP contribution in [0.5, 0.6) is 0 Å². The third-order valence-electron chi connectivity index (χ3n) is 2.27. The lowest BCUT2D eigenvalue weighted by Crippen LogP contribution is -1.92. The smallest absolute Gasteiger partial charge is 0.124 e. The lowest BCUT2D eigenvalue weighted by molar-refractivity contribution is 0.734. The van der Waals surface area contributed by atoms with Crippen molar-refractivity contribution in [3.8, 4) is 11.8 Å². The van der Waals surface area contributed by atoms with Crippen LogP contribution in [0.25, 0.3) is 0 Å². The summed E-state index contributed by atoms with van der Waals surface area (Å²) in [7, 11) is 0. The van der Waals surface area contributed by atoms with Gasteiger partial charge in [-0.3, -0.25) is 0 Å². The Morgan fingerprint density at radius 1 is 1.47 bits per heavy atom. The maximum atomic E-state index is 4.30. The zero-order valence-corrected chi connectivity index (χ0v) is 9.77. The number of aromatic nitrogens is 1. The largest absolute Gasteiger partial charge is 0.233 e. The number of hydrogen-bond acceptors (Lipinski definition) is 2. The number of rotatable bonds is 0. The molecule has 0 spiro atoms. The van der Waals surface area contributed by atoms with E-state index < -0.39 is 0 Å². The average Bonchev–Trinajstić information content (AvgIpc) is 2.64. The minimum atomic E-state index is 0.650. The molecule has 2 rings (SSSR count). The first kappa shape index (κ1) is 10.2. The second-order valence-corrected chi connectivity index (χ2v) is 4.80. The standard InChI is InChI=1S/C13H13NS/c1-10-3-5-12(6-4-10)7-8-13-9-15-11(2)14-13/h3,5-6,9-10H,4H2,1-2H3. The molecule has 1 aromatic rings. The Morgan fingerprint density at radius 2 is 2.33 bits per heavy atom. The van der Waals surface area contributed by atoms with E-state index in [0.717, 1.165) is 22.7 Å². The van der Waals surface area contributed by atoms with Crippen molar-refractivity contribution in [2.24, 2.45) is 5.92 Å². The van der Waals surface area contributed by atoms with Gasteiger partial charge in [0.25, 0.3) is 0 Å². The fourth-order valence-electron chi connectivity index (χ4n) is 1.38. The quantitative estimate of drug-likeness (QED) is 0.605. The van der Waals surface area contributed by atoms with Gasteiger partial charge in [-0.15, -0.1) is 11.3 Å². The molecular weight excluding hydrogens is 202 g/mol. The van der Waals surface area contributed by atoms with E-state index in [1.54, 1.807) is 11.3 Å². The third kappa shape index (κ3) is 2.81. The van der Waals surface area contributed by atoms with Crippen LogP contribution >= 0.6 is 11.3 Å². The van der Waals surface area contributed by atoms with E-state index in [2.05, 4.69) is 42.0 Å². The van der Waals surface area contributed by atoms with Crippen molar-refractivity contribution in [3.63, 3.8) is 0 Å². The van der Waals surface area contributed by atoms with Crippen molar-refractivity contribution in [3.05, 3.63) is 39.9 Å². The van der Waals surface area contributed by atoms with E-state index in [4.69, 9.17) is 0 Å². The maximum Gasteiger partial charge on any atom is 0.124 e. The first-order chi connectivity index (χ1) is 7.24. The first-order valence-electron chi connectivity index (χ1n) is 5.06. The van der Waals surface area contributed by atoms with Crippen LogP contribution in [0.15, 0.2) is 29.2 Å². The van der Waals surface area contributed by atoms with Gasteiger partial charge in [-0.1, -0.05) is 31.1 Å². The molecule has 1 nitrogen and oxygen atoms in total. The second kappa shape index (κ2) is 4.46. The van der Waals surface area contributed by atoms with Gasteiger partial charge < -0.3 is 0 Å². The van der Waals surface area contributed by atoms with Gasteiger partial charge in [0.2, 0.25) is 0 Å². The third-order valence-corrected chi connectivity index (χ3v) is 3.04. The Balaban J connectivity index is 2.10. The Hall–Kier alpha value is -1.33. The molecule has 1 heterocycles. The summed E-state index contributed by atoms with van der Waals surface area (Å²) in [6, 6.07) is 0. The SMILES string of the molecule is Cc1nc(C#CC2=CCC(C)C=C2)cs1. The molecule has 0 aromatic carbocycles. The second-order valence-electron chi connectivity index (χ2n) is 3.73. The van der Waals surface area contributed by atoms with E-state index in [1.807, 2.05) is 12.3 Å².